The Labute approximate surface area is 170 Å². The Morgan fingerprint density at radius 3 is 2.59 bits per heavy atom. The van der Waals surface area contributed by atoms with Gasteiger partial charge in [0.1, 0.15) is 19.3 Å². The van der Waals surface area contributed by atoms with Crippen molar-refractivity contribution in [1.29, 1.82) is 0 Å². The molecule has 8 nitrogen and oxygen atoms in total. The van der Waals surface area contributed by atoms with Crippen molar-refractivity contribution in [2.75, 3.05) is 37.7 Å². The lowest BCUT2D eigenvalue weighted by Crippen LogP contribution is -2.50. The highest BCUT2D eigenvalue weighted by molar-refractivity contribution is 6.01. The lowest BCUT2D eigenvalue weighted by Gasteiger charge is -2.29. The normalized spacial score (nSPS) is 22.4. The number of nitrogens with zero attached hydrogens (tertiary/aromatic N) is 2. The third-order valence-corrected chi connectivity index (χ3v) is 5.73. The zero-order valence-electron chi connectivity index (χ0n) is 16.7. The number of carbonyl (C=O) groups excluding carboxylic acids is 3. The van der Waals surface area contributed by atoms with Crippen molar-refractivity contribution in [3.63, 3.8) is 0 Å². The van der Waals surface area contributed by atoms with E-state index in [1.165, 1.54) is 0 Å². The van der Waals surface area contributed by atoms with E-state index in [0.717, 1.165) is 32.4 Å². The van der Waals surface area contributed by atoms with Gasteiger partial charge in [0.05, 0.1) is 5.92 Å². The summed E-state index contributed by atoms with van der Waals surface area (Å²) in [6, 6.07) is 4.77. The van der Waals surface area contributed by atoms with Crippen molar-refractivity contribution in [2.24, 2.45) is 5.92 Å². The molecule has 2 atom stereocenters. The first-order valence-electron chi connectivity index (χ1n) is 10.3. The van der Waals surface area contributed by atoms with Crippen LogP contribution in [-0.2, 0) is 14.4 Å². The molecular formula is C21H27N3O5. The molecular weight excluding hydrogens is 374 g/mol. The van der Waals surface area contributed by atoms with Crippen LogP contribution in [0.15, 0.2) is 18.2 Å². The molecule has 0 radical (unpaired) electrons. The Morgan fingerprint density at radius 2 is 1.83 bits per heavy atom. The van der Waals surface area contributed by atoms with Gasteiger partial charge in [0, 0.05) is 37.8 Å². The summed E-state index contributed by atoms with van der Waals surface area (Å²) in [7, 11) is 0. The van der Waals surface area contributed by atoms with Crippen LogP contribution >= 0.6 is 0 Å². The van der Waals surface area contributed by atoms with Gasteiger partial charge in [0.15, 0.2) is 11.5 Å². The van der Waals surface area contributed by atoms with E-state index >= 15 is 0 Å². The highest BCUT2D eigenvalue weighted by atomic mass is 16.6. The number of fused-ring (bicyclic) bond motifs is 1. The van der Waals surface area contributed by atoms with E-state index in [1.807, 2.05) is 4.90 Å². The minimum absolute atomic E-state index is 0.0499. The molecule has 3 amide bonds. The zero-order valence-corrected chi connectivity index (χ0v) is 16.7. The molecule has 0 aromatic heterocycles. The van der Waals surface area contributed by atoms with E-state index in [1.54, 1.807) is 30.0 Å². The standard InChI is InChI=1S/C21H27N3O5/c1-14(21(27)23-7-3-2-4-8-23)22-20(26)15-11-19(25)24(13-15)16-5-6-17-18(12-16)29-10-9-28-17/h5-6,12,14-15H,2-4,7-11,13H2,1H3,(H,22,26)/t14-,15-/m0/s1. The molecule has 29 heavy (non-hydrogen) atoms. The van der Waals surface area contributed by atoms with Crippen LogP contribution in [-0.4, -0.2) is 61.5 Å². The lowest BCUT2D eigenvalue weighted by molar-refractivity contribution is -0.137. The van der Waals surface area contributed by atoms with E-state index < -0.39 is 12.0 Å². The molecule has 0 bridgehead atoms. The van der Waals surface area contributed by atoms with Gasteiger partial charge in [0.2, 0.25) is 17.7 Å². The van der Waals surface area contributed by atoms with E-state index in [2.05, 4.69) is 5.32 Å². The number of piperidine rings is 1. The van der Waals surface area contributed by atoms with Crippen molar-refractivity contribution < 1.29 is 23.9 Å². The molecule has 1 aromatic rings. The van der Waals surface area contributed by atoms with Crippen LogP contribution in [0.5, 0.6) is 11.5 Å². The van der Waals surface area contributed by atoms with Crippen molar-refractivity contribution in [3.05, 3.63) is 18.2 Å². The smallest absolute Gasteiger partial charge is 0.244 e. The number of ether oxygens (including phenoxy) is 2. The Bertz CT molecular complexity index is 806. The van der Waals surface area contributed by atoms with Crippen molar-refractivity contribution in [2.45, 2.75) is 38.6 Å². The van der Waals surface area contributed by atoms with Crippen LogP contribution in [0.25, 0.3) is 0 Å². The lowest BCUT2D eigenvalue weighted by atomic mass is 10.1. The van der Waals surface area contributed by atoms with Gasteiger partial charge in [0.25, 0.3) is 0 Å². The molecule has 8 heteroatoms. The third-order valence-electron chi connectivity index (χ3n) is 5.73. The number of rotatable bonds is 4. The molecule has 2 saturated heterocycles. The minimum atomic E-state index is -0.584. The molecule has 3 heterocycles. The largest absolute Gasteiger partial charge is 0.486 e. The van der Waals surface area contributed by atoms with E-state index in [9.17, 15) is 14.4 Å². The molecule has 0 spiro atoms. The Morgan fingerprint density at radius 1 is 1.10 bits per heavy atom. The Kier molecular flexibility index (Phi) is 5.60. The van der Waals surface area contributed by atoms with Crippen LogP contribution in [0.2, 0.25) is 0 Å². The summed E-state index contributed by atoms with van der Waals surface area (Å²) in [5.74, 6) is 0.368. The first-order chi connectivity index (χ1) is 14.0. The Hall–Kier alpha value is -2.77. The van der Waals surface area contributed by atoms with Gasteiger partial charge < -0.3 is 24.6 Å². The van der Waals surface area contributed by atoms with Gasteiger partial charge in [-0.05, 0) is 38.3 Å². The molecule has 4 rings (SSSR count). The predicted octanol–water partition coefficient (Wildman–Crippen LogP) is 1.33. The number of benzene rings is 1. The van der Waals surface area contributed by atoms with Crippen LogP contribution in [0.3, 0.4) is 0 Å². The number of hydrogen-bond acceptors (Lipinski definition) is 5. The first kappa shape index (κ1) is 19.5. The minimum Gasteiger partial charge on any atom is -0.486 e. The number of carbonyl (C=O) groups is 3. The van der Waals surface area contributed by atoms with Gasteiger partial charge in [-0.2, -0.15) is 0 Å². The van der Waals surface area contributed by atoms with Crippen LogP contribution in [0, 0.1) is 5.92 Å². The number of amides is 3. The van der Waals surface area contributed by atoms with Crippen LogP contribution in [0.4, 0.5) is 5.69 Å². The average molecular weight is 401 g/mol. The van der Waals surface area contributed by atoms with Gasteiger partial charge >= 0.3 is 0 Å². The monoisotopic (exact) mass is 401 g/mol. The number of nitrogens with one attached hydrogen (secondary N) is 1. The second-order valence-corrected chi connectivity index (χ2v) is 7.85. The van der Waals surface area contributed by atoms with E-state index in [0.29, 0.717) is 30.4 Å². The second-order valence-electron chi connectivity index (χ2n) is 7.85. The molecule has 156 valence electrons. The molecule has 1 aromatic carbocycles. The highest BCUT2D eigenvalue weighted by Crippen LogP contribution is 2.36. The molecule has 0 unspecified atom stereocenters. The molecule has 1 N–H and O–H groups in total. The summed E-state index contributed by atoms with van der Waals surface area (Å²) in [5, 5.41) is 2.81. The summed E-state index contributed by atoms with van der Waals surface area (Å²) in [6.07, 6.45) is 3.29. The fraction of sp³-hybridized carbons (Fsp3) is 0.571. The molecule has 0 aliphatic carbocycles. The van der Waals surface area contributed by atoms with E-state index in [-0.39, 0.29) is 30.7 Å². The maximum Gasteiger partial charge on any atom is 0.244 e. The maximum absolute atomic E-state index is 12.7. The quantitative estimate of drug-likeness (QED) is 0.822. The van der Waals surface area contributed by atoms with Crippen molar-refractivity contribution in [3.8, 4) is 11.5 Å². The van der Waals surface area contributed by atoms with Crippen molar-refractivity contribution in [1.82, 2.24) is 10.2 Å². The fourth-order valence-electron chi connectivity index (χ4n) is 4.11. The van der Waals surface area contributed by atoms with Crippen molar-refractivity contribution >= 4 is 23.4 Å². The van der Waals surface area contributed by atoms with Gasteiger partial charge in [-0.1, -0.05) is 0 Å². The molecule has 3 aliphatic rings. The van der Waals surface area contributed by atoms with Gasteiger partial charge in [-0.3, -0.25) is 14.4 Å². The summed E-state index contributed by atoms with van der Waals surface area (Å²) in [6.45, 7) is 4.47. The first-order valence-corrected chi connectivity index (χ1v) is 10.3. The van der Waals surface area contributed by atoms with Crippen LogP contribution < -0.4 is 19.7 Å². The summed E-state index contributed by atoms with van der Waals surface area (Å²) < 4.78 is 11.1. The number of likely N-dealkylation sites (tertiary alicyclic amines) is 1. The average Bonchev–Trinajstić information content (AvgIpc) is 3.15. The third kappa shape index (κ3) is 4.16. The van der Waals surface area contributed by atoms with E-state index in [4.69, 9.17) is 9.47 Å². The topological polar surface area (TPSA) is 88.2 Å². The maximum atomic E-state index is 12.7. The summed E-state index contributed by atoms with van der Waals surface area (Å²) in [4.78, 5) is 41.2. The Balaban J connectivity index is 1.37. The number of hydrogen-bond donors (Lipinski definition) is 1. The predicted molar refractivity (Wildman–Crippen MR) is 106 cm³/mol. The van der Waals surface area contributed by atoms with Gasteiger partial charge in [-0.15, -0.1) is 0 Å². The molecule has 2 fully saturated rings. The summed E-state index contributed by atoms with van der Waals surface area (Å²) >= 11 is 0. The molecule has 3 aliphatic heterocycles. The van der Waals surface area contributed by atoms with Gasteiger partial charge in [-0.25, -0.2) is 0 Å². The highest BCUT2D eigenvalue weighted by Gasteiger charge is 2.37. The zero-order chi connectivity index (χ0) is 20.4. The fourth-order valence-corrected chi connectivity index (χ4v) is 4.11. The van der Waals surface area contributed by atoms with Crippen LogP contribution in [0.1, 0.15) is 32.6 Å². The summed E-state index contributed by atoms with van der Waals surface area (Å²) in [5.41, 5.74) is 0.687. The second kappa shape index (κ2) is 8.31. The SMILES string of the molecule is C[C@H](NC(=O)[C@H]1CC(=O)N(c2ccc3c(c2)OCCO3)C1)C(=O)N1CCCCC1. The number of anilines is 1. The molecule has 0 saturated carbocycles.